The van der Waals surface area contributed by atoms with Gasteiger partial charge >= 0.3 is 0 Å². The number of benzene rings is 4. The minimum Gasteiger partial charge on any atom is -0.256 e. The van der Waals surface area contributed by atoms with Crippen molar-refractivity contribution in [2.24, 2.45) is 0 Å². The number of rotatable bonds is 2. The van der Waals surface area contributed by atoms with E-state index in [0.29, 0.717) is 5.56 Å². The number of hydrogen-bond acceptors (Lipinski definition) is 3. The van der Waals surface area contributed by atoms with Gasteiger partial charge < -0.3 is 0 Å². The number of fused-ring (bicyclic) bond motifs is 4. The summed E-state index contributed by atoms with van der Waals surface area (Å²) >= 11 is 0. The van der Waals surface area contributed by atoms with Gasteiger partial charge in [-0.3, -0.25) is 9.97 Å². The molecule has 3 nitrogen and oxygen atoms in total. The van der Waals surface area contributed by atoms with Gasteiger partial charge in [-0.25, -0.2) is 0 Å². The fraction of sp³-hybridized carbons (Fsp3) is 0.0645. The predicted octanol–water partition coefficient (Wildman–Crippen LogP) is 7.76. The number of nitrogens with zero attached hydrogens (tertiary/aromatic N) is 3. The number of aryl methyl sites for hydroxylation is 2. The lowest BCUT2D eigenvalue weighted by Gasteiger charge is -2.12. The van der Waals surface area contributed by atoms with Gasteiger partial charge in [0.2, 0.25) is 0 Å². The zero-order chi connectivity index (χ0) is 23.2. The molecule has 3 heteroatoms. The first-order valence-electron chi connectivity index (χ1n) is 11.3. The van der Waals surface area contributed by atoms with Crippen LogP contribution in [0.15, 0.2) is 91.3 Å². The average Bonchev–Trinajstić information content (AvgIpc) is 2.86. The van der Waals surface area contributed by atoms with E-state index < -0.39 is 0 Å². The van der Waals surface area contributed by atoms with Gasteiger partial charge in [0, 0.05) is 28.7 Å². The van der Waals surface area contributed by atoms with Crippen molar-refractivity contribution in [2.75, 3.05) is 0 Å². The topological polar surface area (TPSA) is 49.6 Å². The normalized spacial score (nSPS) is 11.2. The smallest absolute Gasteiger partial charge is 0.101 e. The van der Waals surface area contributed by atoms with Crippen molar-refractivity contribution in [1.82, 2.24) is 9.97 Å². The third kappa shape index (κ3) is 3.20. The fourth-order valence-corrected chi connectivity index (χ4v) is 5.02. The highest BCUT2D eigenvalue weighted by Crippen LogP contribution is 2.36. The van der Waals surface area contributed by atoms with Crippen LogP contribution in [0.1, 0.15) is 16.7 Å². The predicted molar refractivity (Wildman–Crippen MR) is 140 cm³/mol. The van der Waals surface area contributed by atoms with Crippen molar-refractivity contribution < 1.29 is 0 Å². The van der Waals surface area contributed by atoms with Crippen LogP contribution in [0.3, 0.4) is 0 Å². The molecule has 0 saturated heterocycles. The quantitative estimate of drug-likeness (QED) is 0.261. The second-order valence-electron chi connectivity index (χ2n) is 8.80. The van der Waals surface area contributed by atoms with Crippen molar-refractivity contribution >= 4 is 32.4 Å². The SMILES string of the molecule is Cc1cc(C)cc(-c2nccc3c2ccc2cc(-c4ccc(C#N)c5ncccc45)ccc23)c1. The lowest BCUT2D eigenvalue weighted by molar-refractivity contribution is 1.33. The molecule has 4 aromatic carbocycles. The van der Waals surface area contributed by atoms with Crippen molar-refractivity contribution in [3.05, 3.63) is 108 Å². The van der Waals surface area contributed by atoms with Gasteiger partial charge in [0.05, 0.1) is 16.8 Å². The molecule has 0 unspecified atom stereocenters. The molecule has 0 aliphatic heterocycles. The van der Waals surface area contributed by atoms with E-state index in [1.807, 2.05) is 30.5 Å². The second kappa shape index (κ2) is 7.79. The number of nitriles is 1. The summed E-state index contributed by atoms with van der Waals surface area (Å²) in [7, 11) is 0. The standard InChI is InChI=1S/C31H21N3/c1-19-14-20(2)16-24(15-19)31-29-10-6-21-17-22(5-8-25(21)27(29)11-13-34-31)26-9-7-23(18-32)30-28(26)4-3-12-33-30/h3-17H,1-2H3. The minimum absolute atomic E-state index is 0.595. The Kier molecular flexibility index (Phi) is 4.60. The summed E-state index contributed by atoms with van der Waals surface area (Å²) in [6.07, 6.45) is 3.64. The van der Waals surface area contributed by atoms with Crippen molar-refractivity contribution in [1.29, 1.82) is 5.26 Å². The molecular formula is C31H21N3. The molecule has 0 aliphatic rings. The molecule has 0 N–H and O–H groups in total. The third-order valence-corrected chi connectivity index (χ3v) is 6.46. The molecule has 0 spiro atoms. The zero-order valence-electron chi connectivity index (χ0n) is 19.0. The molecule has 6 rings (SSSR count). The molecule has 6 aromatic rings. The monoisotopic (exact) mass is 435 g/mol. The molecule has 0 amide bonds. The first-order chi connectivity index (χ1) is 16.6. The molecule has 0 aliphatic carbocycles. The molecule has 160 valence electrons. The van der Waals surface area contributed by atoms with Gasteiger partial charge in [-0.05, 0) is 77.5 Å². The van der Waals surface area contributed by atoms with Crippen molar-refractivity contribution in [3.63, 3.8) is 0 Å². The zero-order valence-corrected chi connectivity index (χ0v) is 19.0. The van der Waals surface area contributed by atoms with Crippen LogP contribution in [-0.2, 0) is 0 Å². The molecule has 0 bridgehead atoms. The Morgan fingerprint density at radius 3 is 2.29 bits per heavy atom. The molecule has 0 radical (unpaired) electrons. The summed E-state index contributed by atoms with van der Waals surface area (Å²) in [6, 6.07) is 29.7. The summed E-state index contributed by atoms with van der Waals surface area (Å²) in [6.45, 7) is 4.25. The van der Waals surface area contributed by atoms with Crippen LogP contribution < -0.4 is 0 Å². The van der Waals surface area contributed by atoms with E-state index in [4.69, 9.17) is 4.98 Å². The van der Waals surface area contributed by atoms with Crippen LogP contribution >= 0.6 is 0 Å². The summed E-state index contributed by atoms with van der Waals surface area (Å²) in [5, 5.41) is 15.2. The first kappa shape index (κ1) is 20.1. The summed E-state index contributed by atoms with van der Waals surface area (Å²) in [4.78, 5) is 9.21. The first-order valence-corrected chi connectivity index (χ1v) is 11.3. The number of pyridine rings is 2. The van der Waals surface area contributed by atoms with Crippen molar-refractivity contribution in [3.8, 4) is 28.5 Å². The molecule has 0 saturated carbocycles. The lowest BCUT2D eigenvalue weighted by Crippen LogP contribution is -1.90. The Hall–Kier alpha value is -4.55. The minimum atomic E-state index is 0.595. The summed E-state index contributed by atoms with van der Waals surface area (Å²) in [5.74, 6) is 0. The summed E-state index contributed by atoms with van der Waals surface area (Å²) in [5.41, 5.74) is 8.16. The van der Waals surface area contributed by atoms with Gasteiger partial charge in [0.1, 0.15) is 6.07 Å². The van der Waals surface area contributed by atoms with E-state index in [0.717, 1.165) is 38.7 Å². The van der Waals surface area contributed by atoms with E-state index in [9.17, 15) is 5.26 Å². The van der Waals surface area contributed by atoms with Gasteiger partial charge in [0.25, 0.3) is 0 Å². The van der Waals surface area contributed by atoms with Crippen LogP contribution in [0.25, 0.3) is 54.8 Å². The highest BCUT2D eigenvalue weighted by Gasteiger charge is 2.12. The molecule has 2 aromatic heterocycles. The Bertz CT molecular complexity index is 1770. The molecular weight excluding hydrogens is 414 g/mol. The Balaban J connectivity index is 1.55. The van der Waals surface area contributed by atoms with Gasteiger partial charge in [0.15, 0.2) is 0 Å². The van der Waals surface area contributed by atoms with Crippen LogP contribution in [-0.4, -0.2) is 9.97 Å². The van der Waals surface area contributed by atoms with Gasteiger partial charge in [-0.2, -0.15) is 5.26 Å². The van der Waals surface area contributed by atoms with Crippen LogP contribution in [0, 0.1) is 25.2 Å². The van der Waals surface area contributed by atoms with E-state index in [1.165, 1.54) is 27.3 Å². The maximum Gasteiger partial charge on any atom is 0.101 e. The average molecular weight is 436 g/mol. The Labute approximate surface area is 198 Å². The van der Waals surface area contributed by atoms with E-state index in [1.54, 1.807) is 6.20 Å². The van der Waals surface area contributed by atoms with Crippen molar-refractivity contribution in [2.45, 2.75) is 13.8 Å². The molecule has 34 heavy (non-hydrogen) atoms. The van der Waals surface area contributed by atoms with E-state index in [-0.39, 0.29) is 0 Å². The van der Waals surface area contributed by atoms with Gasteiger partial charge in [-0.1, -0.05) is 53.6 Å². The van der Waals surface area contributed by atoms with E-state index in [2.05, 4.69) is 79.5 Å². The number of hydrogen-bond donors (Lipinski definition) is 0. The fourth-order valence-electron chi connectivity index (χ4n) is 5.02. The third-order valence-electron chi connectivity index (χ3n) is 6.46. The lowest BCUT2D eigenvalue weighted by atomic mass is 9.93. The highest BCUT2D eigenvalue weighted by atomic mass is 14.7. The molecule has 2 heterocycles. The number of aromatic nitrogens is 2. The van der Waals surface area contributed by atoms with E-state index >= 15 is 0 Å². The maximum atomic E-state index is 9.48. The Morgan fingerprint density at radius 1 is 0.647 bits per heavy atom. The molecule has 0 fully saturated rings. The van der Waals surface area contributed by atoms with Crippen LogP contribution in [0.4, 0.5) is 0 Å². The Morgan fingerprint density at radius 2 is 1.47 bits per heavy atom. The maximum absolute atomic E-state index is 9.48. The van der Waals surface area contributed by atoms with Crippen LogP contribution in [0.5, 0.6) is 0 Å². The largest absolute Gasteiger partial charge is 0.256 e. The van der Waals surface area contributed by atoms with Crippen LogP contribution in [0.2, 0.25) is 0 Å². The summed E-state index contributed by atoms with van der Waals surface area (Å²) < 4.78 is 0. The second-order valence-corrected chi connectivity index (χ2v) is 8.80. The van der Waals surface area contributed by atoms with Gasteiger partial charge in [-0.15, -0.1) is 0 Å². The highest BCUT2D eigenvalue weighted by molar-refractivity contribution is 6.12. The molecule has 0 atom stereocenters.